The summed E-state index contributed by atoms with van der Waals surface area (Å²) < 4.78 is 37.9. The van der Waals surface area contributed by atoms with Gasteiger partial charge in [-0.25, -0.2) is 0 Å². The third-order valence-electron chi connectivity index (χ3n) is 1.84. The lowest BCUT2D eigenvalue weighted by Gasteiger charge is -2.16. The molecule has 0 amide bonds. The molecule has 1 aromatic heterocycles. The zero-order valence-electron chi connectivity index (χ0n) is 7.92. The Balaban J connectivity index is 3.06. The van der Waals surface area contributed by atoms with E-state index < -0.39 is 18.0 Å². The number of nitrogens with zero attached hydrogens (tertiary/aromatic N) is 2. The van der Waals surface area contributed by atoms with E-state index in [0.717, 1.165) is 10.9 Å². The van der Waals surface area contributed by atoms with Gasteiger partial charge in [-0.15, -0.1) is 0 Å². The largest absolute Gasteiger partial charge is 0.420 e. The topological polar surface area (TPSA) is 38.0 Å². The summed E-state index contributed by atoms with van der Waals surface area (Å²) in [7, 11) is 0. The van der Waals surface area contributed by atoms with Gasteiger partial charge in [0.2, 0.25) is 0 Å². The van der Waals surface area contributed by atoms with Crippen molar-refractivity contribution in [3.63, 3.8) is 0 Å². The fraction of sp³-hybridized carbons (Fsp3) is 0.625. The van der Waals surface area contributed by atoms with Crippen LogP contribution >= 0.6 is 11.6 Å². The molecule has 0 spiro atoms. The molecule has 0 aliphatic carbocycles. The van der Waals surface area contributed by atoms with E-state index in [1.165, 1.54) is 0 Å². The summed E-state index contributed by atoms with van der Waals surface area (Å²) in [6, 6.07) is 0. The van der Waals surface area contributed by atoms with E-state index in [1.54, 1.807) is 6.92 Å². The van der Waals surface area contributed by atoms with E-state index in [4.69, 9.17) is 16.7 Å². The molecule has 0 fully saturated rings. The highest BCUT2D eigenvalue weighted by Crippen LogP contribution is 2.35. The fourth-order valence-electron chi connectivity index (χ4n) is 1.19. The first-order valence-corrected chi connectivity index (χ1v) is 4.71. The fourth-order valence-corrected chi connectivity index (χ4v) is 1.43. The van der Waals surface area contributed by atoms with E-state index in [1.807, 2.05) is 0 Å². The second-order valence-electron chi connectivity index (χ2n) is 3.05. The van der Waals surface area contributed by atoms with Gasteiger partial charge in [0.25, 0.3) is 0 Å². The highest BCUT2D eigenvalue weighted by molar-refractivity contribution is 6.31. The van der Waals surface area contributed by atoms with Crippen LogP contribution in [0.1, 0.15) is 25.1 Å². The maximum atomic E-state index is 12.3. The number of halogens is 4. The zero-order chi connectivity index (χ0) is 11.6. The summed E-state index contributed by atoms with van der Waals surface area (Å²) in [6.45, 7) is 2.08. The molecule has 1 atom stereocenters. The van der Waals surface area contributed by atoms with Crippen molar-refractivity contribution in [3.8, 4) is 0 Å². The molecular weight excluding hydrogens is 233 g/mol. The molecular formula is C8H10ClF3N2O. The maximum Gasteiger partial charge on any atom is 0.420 e. The van der Waals surface area contributed by atoms with Gasteiger partial charge in [0.05, 0.1) is 16.9 Å². The number of hydrogen-bond donors (Lipinski definition) is 1. The average molecular weight is 243 g/mol. The minimum Gasteiger partial charge on any atom is -0.378 e. The van der Waals surface area contributed by atoms with Gasteiger partial charge in [0, 0.05) is 6.54 Å². The van der Waals surface area contributed by atoms with E-state index in [2.05, 4.69) is 5.10 Å². The molecule has 1 heterocycles. The molecule has 3 nitrogen and oxygen atoms in total. The maximum absolute atomic E-state index is 12.3. The normalized spacial score (nSPS) is 14.3. The van der Waals surface area contributed by atoms with E-state index in [-0.39, 0.29) is 11.6 Å². The molecule has 0 aromatic carbocycles. The molecule has 0 unspecified atom stereocenters. The first-order chi connectivity index (χ1) is 6.88. The van der Waals surface area contributed by atoms with Crippen LogP contribution in [-0.2, 0) is 6.54 Å². The minimum absolute atomic E-state index is 0.173. The van der Waals surface area contributed by atoms with Gasteiger partial charge < -0.3 is 5.11 Å². The van der Waals surface area contributed by atoms with Crippen LogP contribution in [0.3, 0.4) is 0 Å². The van der Waals surface area contributed by atoms with E-state index in [9.17, 15) is 13.2 Å². The van der Waals surface area contributed by atoms with Crippen LogP contribution < -0.4 is 0 Å². The molecule has 0 saturated carbocycles. The Kier molecular flexibility index (Phi) is 3.62. The van der Waals surface area contributed by atoms with Crippen molar-refractivity contribution in [2.75, 3.05) is 0 Å². The summed E-state index contributed by atoms with van der Waals surface area (Å²) in [4.78, 5) is 0. The number of hydrogen-bond acceptors (Lipinski definition) is 2. The molecule has 0 bridgehead atoms. The van der Waals surface area contributed by atoms with Crippen LogP contribution in [0, 0.1) is 0 Å². The summed E-state index contributed by atoms with van der Waals surface area (Å²) in [5.74, 6) is 0. The van der Waals surface area contributed by atoms with Crippen LogP contribution in [0.25, 0.3) is 0 Å². The van der Waals surface area contributed by atoms with Crippen LogP contribution in [-0.4, -0.2) is 21.1 Å². The molecule has 0 aliphatic heterocycles. The van der Waals surface area contributed by atoms with Gasteiger partial charge in [0.15, 0.2) is 6.10 Å². The van der Waals surface area contributed by atoms with Gasteiger partial charge in [-0.1, -0.05) is 18.5 Å². The Morgan fingerprint density at radius 3 is 2.67 bits per heavy atom. The van der Waals surface area contributed by atoms with Crippen molar-refractivity contribution in [2.24, 2.45) is 0 Å². The smallest absolute Gasteiger partial charge is 0.378 e. The summed E-state index contributed by atoms with van der Waals surface area (Å²) in [5.41, 5.74) is -0.397. The number of aryl methyl sites for hydroxylation is 1. The van der Waals surface area contributed by atoms with Crippen LogP contribution in [0.15, 0.2) is 6.20 Å². The molecule has 15 heavy (non-hydrogen) atoms. The van der Waals surface area contributed by atoms with Crippen LogP contribution in [0.2, 0.25) is 5.02 Å². The molecule has 1 N–H and O–H groups in total. The van der Waals surface area contributed by atoms with Crippen molar-refractivity contribution < 1.29 is 18.3 Å². The van der Waals surface area contributed by atoms with Gasteiger partial charge in [-0.05, 0) is 6.42 Å². The first-order valence-electron chi connectivity index (χ1n) is 4.34. The van der Waals surface area contributed by atoms with E-state index >= 15 is 0 Å². The Bertz CT molecular complexity index is 337. The first kappa shape index (κ1) is 12.3. The standard InChI is InChI=1S/C8H10ClF3N2O/c1-2-3-14-6(5(9)4-13-14)7(15)8(10,11)12/h4,7,15H,2-3H2,1H3/t7-/m1/s1. The number of aromatic nitrogens is 2. The lowest BCUT2D eigenvalue weighted by molar-refractivity contribution is -0.208. The predicted octanol–water partition coefficient (Wildman–Crippen LogP) is 2.54. The third-order valence-corrected chi connectivity index (χ3v) is 2.13. The Morgan fingerprint density at radius 1 is 1.60 bits per heavy atom. The van der Waals surface area contributed by atoms with Gasteiger partial charge in [-0.2, -0.15) is 18.3 Å². The van der Waals surface area contributed by atoms with Gasteiger partial charge in [0.1, 0.15) is 0 Å². The number of aliphatic hydroxyl groups excluding tert-OH is 1. The van der Waals surface area contributed by atoms with Crippen molar-refractivity contribution in [1.29, 1.82) is 0 Å². The molecule has 0 aliphatic rings. The lowest BCUT2D eigenvalue weighted by atomic mass is 10.2. The number of alkyl halides is 3. The molecule has 86 valence electrons. The summed E-state index contributed by atoms with van der Waals surface area (Å²) >= 11 is 5.54. The SMILES string of the molecule is CCCn1ncc(Cl)c1[C@@H](O)C(F)(F)F. The van der Waals surface area contributed by atoms with Crippen molar-refractivity contribution >= 4 is 11.6 Å². The Labute approximate surface area is 89.5 Å². The van der Waals surface area contributed by atoms with Gasteiger partial charge >= 0.3 is 6.18 Å². The zero-order valence-corrected chi connectivity index (χ0v) is 8.68. The van der Waals surface area contributed by atoms with Crippen LogP contribution in [0.5, 0.6) is 0 Å². The second-order valence-corrected chi connectivity index (χ2v) is 3.45. The van der Waals surface area contributed by atoms with Crippen molar-refractivity contribution in [1.82, 2.24) is 9.78 Å². The molecule has 1 rings (SSSR count). The van der Waals surface area contributed by atoms with Crippen molar-refractivity contribution in [2.45, 2.75) is 32.2 Å². The lowest BCUT2D eigenvalue weighted by Crippen LogP contribution is -2.23. The second kappa shape index (κ2) is 4.40. The van der Waals surface area contributed by atoms with Crippen LogP contribution in [0.4, 0.5) is 13.2 Å². The molecule has 0 radical (unpaired) electrons. The van der Waals surface area contributed by atoms with E-state index in [0.29, 0.717) is 6.42 Å². The Hall–Kier alpha value is -0.750. The summed E-state index contributed by atoms with van der Waals surface area (Å²) in [6.07, 6.45) is -5.61. The number of aliphatic hydroxyl groups is 1. The third kappa shape index (κ3) is 2.63. The molecule has 0 saturated heterocycles. The highest BCUT2D eigenvalue weighted by Gasteiger charge is 2.42. The highest BCUT2D eigenvalue weighted by atomic mass is 35.5. The number of rotatable bonds is 3. The monoisotopic (exact) mass is 242 g/mol. The predicted molar refractivity (Wildman–Crippen MR) is 48.5 cm³/mol. The quantitative estimate of drug-likeness (QED) is 0.885. The molecule has 7 heteroatoms. The van der Waals surface area contributed by atoms with Gasteiger partial charge in [-0.3, -0.25) is 4.68 Å². The summed E-state index contributed by atoms with van der Waals surface area (Å²) in [5, 5.41) is 12.6. The minimum atomic E-state index is -4.73. The molecule has 1 aromatic rings. The average Bonchev–Trinajstić information content (AvgIpc) is 2.45. The Morgan fingerprint density at radius 2 is 2.20 bits per heavy atom. The van der Waals surface area contributed by atoms with Crippen molar-refractivity contribution in [3.05, 3.63) is 16.9 Å².